The van der Waals surface area contributed by atoms with E-state index >= 15 is 0 Å². The van der Waals surface area contributed by atoms with Crippen molar-refractivity contribution in [2.45, 2.75) is 37.2 Å². The SMILES string of the molecule is CCSCCC1(CC)SCCCS1. The fraction of sp³-hybridized carbons (Fsp3) is 1.00. The average Bonchev–Trinajstić information content (AvgIpc) is 2.20. The van der Waals surface area contributed by atoms with Gasteiger partial charge in [0.25, 0.3) is 0 Å². The van der Waals surface area contributed by atoms with Gasteiger partial charge in [-0.1, -0.05) is 13.8 Å². The minimum Gasteiger partial charge on any atom is -0.162 e. The first-order valence-corrected chi connectivity index (χ1v) is 8.31. The summed E-state index contributed by atoms with van der Waals surface area (Å²) in [5, 5.41) is 0. The first-order valence-electron chi connectivity index (χ1n) is 5.18. The molecule has 0 unspecified atom stereocenters. The van der Waals surface area contributed by atoms with E-state index in [2.05, 4.69) is 49.1 Å². The minimum absolute atomic E-state index is 0.584. The zero-order chi connectivity index (χ0) is 9.57. The third-order valence-corrected chi connectivity index (χ3v) is 7.02. The maximum absolute atomic E-state index is 2.35. The zero-order valence-corrected chi connectivity index (χ0v) is 11.1. The van der Waals surface area contributed by atoms with Gasteiger partial charge in [-0.25, -0.2) is 0 Å². The first-order chi connectivity index (χ1) is 6.33. The van der Waals surface area contributed by atoms with Crippen molar-refractivity contribution in [3.8, 4) is 0 Å². The van der Waals surface area contributed by atoms with Gasteiger partial charge in [0.2, 0.25) is 0 Å². The molecule has 0 saturated carbocycles. The van der Waals surface area contributed by atoms with Crippen LogP contribution in [-0.2, 0) is 0 Å². The van der Waals surface area contributed by atoms with Crippen molar-refractivity contribution in [3.05, 3.63) is 0 Å². The Hall–Kier alpha value is 1.05. The first kappa shape index (κ1) is 12.1. The third kappa shape index (κ3) is 3.96. The van der Waals surface area contributed by atoms with Gasteiger partial charge < -0.3 is 0 Å². The highest BCUT2D eigenvalue weighted by Crippen LogP contribution is 2.47. The van der Waals surface area contributed by atoms with E-state index in [-0.39, 0.29) is 0 Å². The molecule has 0 bridgehead atoms. The van der Waals surface area contributed by atoms with Crippen LogP contribution in [0.1, 0.15) is 33.1 Å². The molecule has 3 heteroatoms. The molecule has 0 radical (unpaired) electrons. The quantitative estimate of drug-likeness (QED) is 0.660. The standard InChI is InChI=1S/C10H20S3/c1-3-10(6-9-11-4-2)12-7-5-8-13-10/h3-9H2,1-2H3. The summed E-state index contributed by atoms with van der Waals surface area (Å²) in [6, 6.07) is 0. The Morgan fingerprint density at radius 3 is 2.46 bits per heavy atom. The predicted octanol–water partition coefficient (Wildman–Crippen LogP) is 4.11. The van der Waals surface area contributed by atoms with Crippen LogP contribution in [0.2, 0.25) is 0 Å². The Labute approximate surface area is 95.4 Å². The van der Waals surface area contributed by atoms with Crippen LogP contribution in [0.3, 0.4) is 0 Å². The van der Waals surface area contributed by atoms with Crippen molar-refractivity contribution in [2.24, 2.45) is 0 Å². The molecule has 78 valence electrons. The van der Waals surface area contributed by atoms with Crippen molar-refractivity contribution in [2.75, 3.05) is 23.0 Å². The summed E-state index contributed by atoms with van der Waals surface area (Å²) in [5.41, 5.74) is 0. The molecule has 1 heterocycles. The number of hydrogen-bond donors (Lipinski definition) is 0. The minimum atomic E-state index is 0.584. The largest absolute Gasteiger partial charge is 0.162 e. The number of hydrogen-bond acceptors (Lipinski definition) is 3. The van der Waals surface area contributed by atoms with Crippen molar-refractivity contribution in [3.63, 3.8) is 0 Å². The molecule has 0 aromatic rings. The molecule has 1 aliphatic rings. The lowest BCUT2D eigenvalue weighted by atomic mass is 10.2. The second-order valence-electron chi connectivity index (χ2n) is 3.26. The Bertz CT molecular complexity index is 130. The lowest BCUT2D eigenvalue weighted by Gasteiger charge is -2.35. The Morgan fingerprint density at radius 2 is 1.92 bits per heavy atom. The van der Waals surface area contributed by atoms with Gasteiger partial charge in [0.1, 0.15) is 0 Å². The topological polar surface area (TPSA) is 0 Å². The molecule has 0 nitrogen and oxygen atoms in total. The summed E-state index contributed by atoms with van der Waals surface area (Å²) in [6.07, 6.45) is 4.15. The van der Waals surface area contributed by atoms with Gasteiger partial charge in [-0.3, -0.25) is 0 Å². The van der Waals surface area contributed by atoms with Gasteiger partial charge in [-0.05, 0) is 42.3 Å². The molecule has 0 amide bonds. The molecule has 0 N–H and O–H groups in total. The van der Waals surface area contributed by atoms with Crippen LogP contribution in [0.25, 0.3) is 0 Å². The second kappa shape index (κ2) is 6.52. The van der Waals surface area contributed by atoms with E-state index in [1.165, 1.54) is 42.3 Å². The van der Waals surface area contributed by atoms with Crippen molar-refractivity contribution >= 4 is 35.3 Å². The summed E-state index contributed by atoms with van der Waals surface area (Å²) in [5.74, 6) is 5.40. The van der Waals surface area contributed by atoms with Gasteiger partial charge >= 0.3 is 0 Å². The summed E-state index contributed by atoms with van der Waals surface area (Å²) >= 11 is 6.51. The average molecular weight is 236 g/mol. The summed E-state index contributed by atoms with van der Waals surface area (Å²) < 4.78 is 0.584. The van der Waals surface area contributed by atoms with Gasteiger partial charge in [0, 0.05) is 0 Å². The van der Waals surface area contributed by atoms with Crippen LogP contribution in [0, 0.1) is 0 Å². The molecular formula is C10H20S3. The highest BCUT2D eigenvalue weighted by atomic mass is 32.2. The molecule has 0 spiro atoms. The van der Waals surface area contributed by atoms with Crippen LogP contribution >= 0.6 is 35.3 Å². The molecule has 1 rings (SSSR count). The van der Waals surface area contributed by atoms with E-state index in [0.29, 0.717) is 4.08 Å². The number of rotatable bonds is 5. The highest BCUT2D eigenvalue weighted by molar-refractivity contribution is 8.18. The molecule has 1 aliphatic heterocycles. The lowest BCUT2D eigenvalue weighted by Crippen LogP contribution is -2.25. The van der Waals surface area contributed by atoms with E-state index in [4.69, 9.17) is 0 Å². The van der Waals surface area contributed by atoms with E-state index in [0.717, 1.165) is 0 Å². The smallest absolute Gasteiger partial charge is 0.0616 e. The predicted molar refractivity (Wildman–Crippen MR) is 70.2 cm³/mol. The molecular weight excluding hydrogens is 216 g/mol. The molecule has 13 heavy (non-hydrogen) atoms. The molecule has 0 atom stereocenters. The maximum Gasteiger partial charge on any atom is 0.0616 e. The van der Waals surface area contributed by atoms with E-state index in [1.54, 1.807) is 0 Å². The maximum atomic E-state index is 2.35. The summed E-state index contributed by atoms with van der Waals surface area (Å²) in [4.78, 5) is 0. The van der Waals surface area contributed by atoms with Crippen LogP contribution in [-0.4, -0.2) is 27.1 Å². The summed E-state index contributed by atoms with van der Waals surface area (Å²) in [6.45, 7) is 4.60. The van der Waals surface area contributed by atoms with Crippen LogP contribution in [0.4, 0.5) is 0 Å². The van der Waals surface area contributed by atoms with Crippen molar-refractivity contribution < 1.29 is 0 Å². The Kier molecular flexibility index (Phi) is 6.08. The Morgan fingerprint density at radius 1 is 1.23 bits per heavy atom. The normalized spacial score (nSPS) is 21.7. The summed E-state index contributed by atoms with van der Waals surface area (Å²) in [7, 11) is 0. The van der Waals surface area contributed by atoms with Gasteiger partial charge in [0.15, 0.2) is 0 Å². The Balaban J connectivity index is 2.29. The van der Waals surface area contributed by atoms with Gasteiger partial charge in [-0.15, -0.1) is 23.5 Å². The van der Waals surface area contributed by atoms with Crippen LogP contribution < -0.4 is 0 Å². The second-order valence-corrected chi connectivity index (χ2v) is 7.87. The van der Waals surface area contributed by atoms with E-state index in [1.807, 2.05) is 0 Å². The van der Waals surface area contributed by atoms with Gasteiger partial charge in [0.05, 0.1) is 4.08 Å². The number of thioether (sulfide) groups is 3. The lowest BCUT2D eigenvalue weighted by molar-refractivity contribution is 0.737. The monoisotopic (exact) mass is 236 g/mol. The van der Waals surface area contributed by atoms with Crippen LogP contribution in [0.15, 0.2) is 0 Å². The molecule has 0 aromatic carbocycles. The fourth-order valence-corrected chi connectivity index (χ4v) is 5.79. The van der Waals surface area contributed by atoms with E-state index < -0.39 is 0 Å². The van der Waals surface area contributed by atoms with E-state index in [9.17, 15) is 0 Å². The molecule has 1 saturated heterocycles. The molecule has 0 aliphatic carbocycles. The third-order valence-electron chi connectivity index (χ3n) is 2.39. The highest BCUT2D eigenvalue weighted by Gasteiger charge is 2.30. The molecule has 1 fully saturated rings. The van der Waals surface area contributed by atoms with Crippen molar-refractivity contribution in [1.82, 2.24) is 0 Å². The van der Waals surface area contributed by atoms with Crippen LogP contribution in [0.5, 0.6) is 0 Å². The fourth-order valence-electron chi connectivity index (χ4n) is 1.51. The van der Waals surface area contributed by atoms with Gasteiger partial charge in [-0.2, -0.15) is 11.8 Å². The molecule has 0 aromatic heterocycles. The zero-order valence-electron chi connectivity index (χ0n) is 8.67. The van der Waals surface area contributed by atoms with Crippen molar-refractivity contribution in [1.29, 1.82) is 0 Å².